The molecule has 2 aromatic heterocycles. The smallest absolute Gasteiger partial charge is 0.203 e. The Balaban J connectivity index is 1.60. The summed E-state index contributed by atoms with van der Waals surface area (Å²) in [4.78, 5) is 12.6. The second-order valence-electron chi connectivity index (χ2n) is 5.96. The van der Waals surface area contributed by atoms with Gasteiger partial charge in [-0.2, -0.15) is 0 Å². The molecule has 5 nitrogen and oxygen atoms in total. The lowest BCUT2D eigenvalue weighted by atomic mass is 9.96. The molecule has 0 saturated carbocycles. The third-order valence-electron chi connectivity index (χ3n) is 4.34. The minimum absolute atomic E-state index is 0.395. The summed E-state index contributed by atoms with van der Waals surface area (Å²) >= 11 is 3.50. The van der Waals surface area contributed by atoms with Gasteiger partial charge in [0.25, 0.3) is 0 Å². The van der Waals surface area contributed by atoms with E-state index >= 15 is 0 Å². The molecule has 1 aromatic carbocycles. The van der Waals surface area contributed by atoms with Crippen molar-refractivity contribution in [1.29, 1.82) is 0 Å². The molecule has 0 amide bonds. The number of hydrogen-bond acceptors (Lipinski definition) is 3. The van der Waals surface area contributed by atoms with Crippen LogP contribution in [-0.2, 0) is 19.9 Å². The lowest BCUT2D eigenvalue weighted by Crippen LogP contribution is -2.28. The van der Waals surface area contributed by atoms with Crippen LogP contribution in [-0.4, -0.2) is 25.6 Å². The van der Waals surface area contributed by atoms with E-state index in [4.69, 9.17) is 4.98 Å². The molecule has 0 bridgehead atoms. The van der Waals surface area contributed by atoms with Crippen LogP contribution in [0.25, 0.3) is 11.0 Å². The van der Waals surface area contributed by atoms with Crippen LogP contribution in [0.1, 0.15) is 23.6 Å². The zero-order valence-corrected chi connectivity index (χ0v) is 14.2. The Bertz CT molecular complexity index is 848. The fraction of sp³-hybridized carbons (Fsp3) is 0.375. The van der Waals surface area contributed by atoms with E-state index in [9.17, 15) is 0 Å². The standard InChI is InChI=1S/C16H18BrN5/c1-9-18-12-5-4-11(8-13(12)19-9)20-16-21-14-7-10(17)3-6-15(14)22(16)2/h3,6-7,11H,4-5,8H2,1-2H3,(H,18,19)(H,20,21). The summed E-state index contributed by atoms with van der Waals surface area (Å²) in [7, 11) is 2.06. The van der Waals surface area contributed by atoms with Crippen LogP contribution in [0.5, 0.6) is 0 Å². The van der Waals surface area contributed by atoms with Crippen molar-refractivity contribution in [1.82, 2.24) is 19.5 Å². The highest BCUT2D eigenvalue weighted by Gasteiger charge is 2.22. The second kappa shape index (κ2) is 5.12. The minimum atomic E-state index is 0.395. The van der Waals surface area contributed by atoms with Crippen LogP contribution in [0.3, 0.4) is 0 Å². The number of benzene rings is 1. The van der Waals surface area contributed by atoms with Crippen molar-refractivity contribution < 1.29 is 0 Å². The molecule has 4 rings (SSSR count). The van der Waals surface area contributed by atoms with Gasteiger partial charge in [0.2, 0.25) is 5.95 Å². The average molecular weight is 360 g/mol. The lowest BCUT2D eigenvalue weighted by Gasteiger charge is -2.22. The van der Waals surface area contributed by atoms with Gasteiger partial charge in [-0.05, 0) is 38.0 Å². The molecule has 0 spiro atoms. The van der Waals surface area contributed by atoms with E-state index in [1.165, 1.54) is 11.4 Å². The molecular weight excluding hydrogens is 342 g/mol. The van der Waals surface area contributed by atoms with Crippen molar-refractivity contribution in [2.24, 2.45) is 7.05 Å². The quantitative estimate of drug-likeness (QED) is 0.737. The number of hydrogen-bond donors (Lipinski definition) is 2. The number of fused-ring (bicyclic) bond motifs is 2. The Hall–Kier alpha value is -1.82. The van der Waals surface area contributed by atoms with Gasteiger partial charge in [0.1, 0.15) is 5.82 Å². The maximum absolute atomic E-state index is 4.72. The van der Waals surface area contributed by atoms with Crippen LogP contribution in [0, 0.1) is 6.92 Å². The number of aromatic amines is 1. The van der Waals surface area contributed by atoms with Gasteiger partial charge in [-0.1, -0.05) is 15.9 Å². The second-order valence-corrected chi connectivity index (χ2v) is 6.87. The van der Waals surface area contributed by atoms with Gasteiger partial charge in [-0.15, -0.1) is 0 Å². The largest absolute Gasteiger partial charge is 0.352 e. The molecule has 1 aliphatic rings. The molecule has 3 aromatic rings. The highest BCUT2D eigenvalue weighted by Crippen LogP contribution is 2.25. The number of rotatable bonds is 2. The molecule has 1 atom stereocenters. The number of aromatic nitrogens is 4. The average Bonchev–Trinajstić information content (AvgIpc) is 2.98. The number of H-pyrrole nitrogens is 1. The first-order valence-corrected chi connectivity index (χ1v) is 8.32. The van der Waals surface area contributed by atoms with Gasteiger partial charge in [0.05, 0.1) is 16.7 Å². The fourth-order valence-electron chi connectivity index (χ4n) is 3.23. The summed E-state index contributed by atoms with van der Waals surface area (Å²) in [5.41, 5.74) is 4.64. The Kier molecular flexibility index (Phi) is 3.22. The van der Waals surface area contributed by atoms with E-state index in [0.717, 1.165) is 46.5 Å². The molecule has 0 fully saturated rings. The Morgan fingerprint density at radius 3 is 3.09 bits per heavy atom. The molecule has 22 heavy (non-hydrogen) atoms. The summed E-state index contributed by atoms with van der Waals surface area (Å²) in [5.74, 6) is 1.94. The molecule has 0 saturated heterocycles. The van der Waals surface area contributed by atoms with Gasteiger partial charge < -0.3 is 14.9 Å². The van der Waals surface area contributed by atoms with Gasteiger partial charge >= 0.3 is 0 Å². The minimum Gasteiger partial charge on any atom is -0.352 e. The van der Waals surface area contributed by atoms with Gasteiger partial charge in [0, 0.05) is 29.7 Å². The molecule has 2 N–H and O–H groups in total. The predicted molar refractivity (Wildman–Crippen MR) is 91.2 cm³/mol. The Morgan fingerprint density at radius 2 is 2.23 bits per heavy atom. The molecule has 0 radical (unpaired) electrons. The molecule has 0 aliphatic heterocycles. The maximum Gasteiger partial charge on any atom is 0.203 e. The van der Waals surface area contributed by atoms with E-state index in [0.29, 0.717) is 6.04 Å². The summed E-state index contributed by atoms with van der Waals surface area (Å²) in [5, 5.41) is 3.60. The maximum atomic E-state index is 4.72. The fourth-order valence-corrected chi connectivity index (χ4v) is 3.58. The van der Waals surface area contributed by atoms with Crippen molar-refractivity contribution in [2.45, 2.75) is 32.2 Å². The van der Waals surface area contributed by atoms with Crippen LogP contribution in [0.15, 0.2) is 22.7 Å². The number of nitrogens with zero attached hydrogens (tertiary/aromatic N) is 3. The SMILES string of the molecule is Cc1nc2c([nH]1)CC(Nc1nc3cc(Br)ccc3n1C)CC2. The highest BCUT2D eigenvalue weighted by molar-refractivity contribution is 9.10. The van der Waals surface area contributed by atoms with Crippen molar-refractivity contribution in [3.8, 4) is 0 Å². The molecule has 1 aliphatic carbocycles. The Morgan fingerprint density at radius 1 is 1.36 bits per heavy atom. The summed E-state index contributed by atoms with van der Waals surface area (Å²) < 4.78 is 3.18. The monoisotopic (exact) mass is 359 g/mol. The van der Waals surface area contributed by atoms with Gasteiger partial charge in [-0.25, -0.2) is 9.97 Å². The van der Waals surface area contributed by atoms with E-state index in [1.807, 2.05) is 13.0 Å². The molecule has 6 heteroatoms. The van der Waals surface area contributed by atoms with Crippen molar-refractivity contribution in [2.75, 3.05) is 5.32 Å². The third-order valence-corrected chi connectivity index (χ3v) is 4.83. The summed E-state index contributed by atoms with van der Waals surface area (Å²) in [6.45, 7) is 2.02. The predicted octanol–water partition coefficient (Wildman–Crippen LogP) is 3.34. The van der Waals surface area contributed by atoms with Gasteiger partial charge in [-0.3, -0.25) is 0 Å². The van der Waals surface area contributed by atoms with Crippen LogP contribution < -0.4 is 5.32 Å². The van der Waals surface area contributed by atoms with Crippen LogP contribution >= 0.6 is 15.9 Å². The third kappa shape index (κ3) is 2.31. The van der Waals surface area contributed by atoms with E-state index < -0.39 is 0 Å². The number of nitrogens with one attached hydrogen (secondary N) is 2. The molecular formula is C16H18BrN5. The van der Waals surface area contributed by atoms with Gasteiger partial charge in [0.15, 0.2) is 0 Å². The van der Waals surface area contributed by atoms with Crippen LogP contribution in [0.4, 0.5) is 5.95 Å². The van der Waals surface area contributed by atoms with E-state index in [1.54, 1.807) is 0 Å². The number of imidazole rings is 2. The first-order chi connectivity index (χ1) is 10.6. The van der Waals surface area contributed by atoms with E-state index in [2.05, 4.69) is 55.0 Å². The zero-order chi connectivity index (χ0) is 15.3. The molecule has 1 unspecified atom stereocenters. The highest BCUT2D eigenvalue weighted by atomic mass is 79.9. The molecule has 114 valence electrons. The number of aryl methyl sites for hydroxylation is 3. The first kappa shape index (κ1) is 13.8. The molecule has 2 heterocycles. The van der Waals surface area contributed by atoms with E-state index in [-0.39, 0.29) is 0 Å². The Labute approximate surface area is 137 Å². The summed E-state index contributed by atoms with van der Waals surface area (Å²) in [6.07, 6.45) is 3.08. The normalized spacial score (nSPS) is 17.7. The van der Waals surface area contributed by atoms with Crippen molar-refractivity contribution >= 4 is 32.9 Å². The topological polar surface area (TPSA) is 58.5 Å². The number of halogens is 1. The number of anilines is 1. The zero-order valence-electron chi connectivity index (χ0n) is 12.7. The first-order valence-electron chi connectivity index (χ1n) is 7.53. The lowest BCUT2D eigenvalue weighted by molar-refractivity contribution is 0.590. The van der Waals surface area contributed by atoms with Crippen molar-refractivity contribution in [3.05, 3.63) is 39.9 Å². The van der Waals surface area contributed by atoms with Crippen molar-refractivity contribution in [3.63, 3.8) is 0 Å². The van der Waals surface area contributed by atoms with Crippen LogP contribution in [0.2, 0.25) is 0 Å². The summed E-state index contributed by atoms with van der Waals surface area (Å²) in [6, 6.07) is 6.59.